The van der Waals surface area contributed by atoms with Crippen molar-refractivity contribution in [3.8, 4) is 0 Å². The van der Waals surface area contributed by atoms with Crippen LogP contribution in [0.25, 0.3) is 0 Å². The first-order valence-corrected chi connectivity index (χ1v) is 4.20. The van der Waals surface area contributed by atoms with Gasteiger partial charge in [0.1, 0.15) is 0 Å². The molecule has 1 amide bonds. The van der Waals surface area contributed by atoms with E-state index in [0.717, 1.165) is 25.8 Å². The molecule has 0 aromatic rings. The van der Waals surface area contributed by atoms with Crippen molar-refractivity contribution >= 4 is 5.91 Å². The maximum Gasteiger partial charge on any atom is 0.225 e. The lowest BCUT2D eigenvalue weighted by Crippen LogP contribution is -2.30. The van der Waals surface area contributed by atoms with Crippen LogP contribution in [0.4, 0.5) is 0 Å². The average molecular weight is 156 g/mol. The van der Waals surface area contributed by atoms with Gasteiger partial charge in [-0.25, -0.2) is 0 Å². The van der Waals surface area contributed by atoms with E-state index in [1.807, 2.05) is 7.05 Å². The van der Waals surface area contributed by atoms with Crippen LogP contribution in [0.3, 0.4) is 0 Å². The summed E-state index contributed by atoms with van der Waals surface area (Å²) in [5, 5.41) is 0. The van der Waals surface area contributed by atoms with Gasteiger partial charge in [0, 0.05) is 19.5 Å². The molecule has 0 bridgehead atoms. The van der Waals surface area contributed by atoms with Gasteiger partial charge < -0.3 is 10.6 Å². The van der Waals surface area contributed by atoms with Crippen LogP contribution in [0.5, 0.6) is 0 Å². The zero-order valence-electron chi connectivity index (χ0n) is 7.05. The van der Waals surface area contributed by atoms with Gasteiger partial charge in [-0.1, -0.05) is 0 Å². The summed E-state index contributed by atoms with van der Waals surface area (Å²) in [6.07, 6.45) is 3.09. The predicted molar refractivity (Wildman–Crippen MR) is 44.0 cm³/mol. The van der Waals surface area contributed by atoms with Crippen LogP contribution in [0.2, 0.25) is 0 Å². The van der Waals surface area contributed by atoms with E-state index in [1.54, 1.807) is 4.90 Å². The molecule has 1 fully saturated rings. The van der Waals surface area contributed by atoms with Gasteiger partial charge in [0.2, 0.25) is 5.91 Å². The highest BCUT2D eigenvalue weighted by Crippen LogP contribution is 2.30. The van der Waals surface area contributed by atoms with E-state index in [4.69, 9.17) is 5.73 Å². The zero-order valence-corrected chi connectivity index (χ0v) is 7.05. The molecule has 3 nitrogen and oxygen atoms in total. The molecule has 0 unspecified atom stereocenters. The molecule has 0 heterocycles. The Morgan fingerprint density at radius 3 is 2.73 bits per heavy atom. The van der Waals surface area contributed by atoms with Gasteiger partial charge in [-0.05, 0) is 25.8 Å². The van der Waals surface area contributed by atoms with Crippen LogP contribution in [0, 0.1) is 5.92 Å². The Labute approximate surface area is 67.5 Å². The number of carbonyl (C=O) groups is 1. The molecule has 0 radical (unpaired) electrons. The van der Waals surface area contributed by atoms with Crippen molar-refractivity contribution in [3.05, 3.63) is 0 Å². The van der Waals surface area contributed by atoms with Crippen LogP contribution in [-0.4, -0.2) is 30.9 Å². The fourth-order valence-electron chi connectivity index (χ4n) is 1.08. The molecule has 0 saturated heterocycles. The molecule has 0 atom stereocenters. The second-order valence-corrected chi connectivity index (χ2v) is 3.18. The van der Waals surface area contributed by atoms with Gasteiger partial charge in [0.05, 0.1) is 0 Å². The standard InChI is InChI=1S/C8H16N2O/c1-10(6-2-5-9)8(11)7-3-4-7/h7H,2-6,9H2,1H3. The molecule has 1 aliphatic carbocycles. The molecule has 64 valence electrons. The third kappa shape index (κ3) is 2.50. The Bertz CT molecular complexity index is 143. The van der Waals surface area contributed by atoms with Gasteiger partial charge in [-0.3, -0.25) is 4.79 Å². The predicted octanol–water partition coefficient (Wildman–Crippen LogP) is 0.204. The molecule has 0 spiro atoms. The van der Waals surface area contributed by atoms with Gasteiger partial charge in [0.25, 0.3) is 0 Å². The number of amides is 1. The van der Waals surface area contributed by atoms with Gasteiger partial charge >= 0.3 is 0 Å². The van der Waals surface area contributed by atoms with E-state index in [9.17, 15) is 4.79 Å². The maximum absolute atomic E-state index is 11.3. The van der Waals surface area contributed by atoms with Gasteiger partial charge in [-0.15, -0.1) is 0 Å². The van der Waals surface area contributed by atoms with Crippen molar-refractivity contribution in [1.29, 1.82) is 0 Å². The molecular formula is C8H16N2O. The molecule has 0 aromatic heterocycles. The summed E-state index contributed by atoms with van der Waals surface area (Å²) in [5.74, 6) is 0.649. The van der Waals surface area contributed by atoms with E-state index in [0.29, 0.717) is 18.4 Å². The van der Waals surface area contributed by atoms with Gasteiger partial charge in [0.15, 0.2) is 0 Å². The largest absolute Gasteiger partial charge is 0.345 e. The number of hydrogen-bond acceptors (Lipinski definition) is 2. The lowest BCUT2D eigenvalue weighted by atomic mass is 10.3. The number of hydrogen-bond donors (Lipinski definition) is 1. The SMILES string of the molecule is CN(CCCN)C(=O)C1CC1. The fraction of sp³-hybridized carbons (Fsp3) is 0.875. The molecular weight excluding hydrogens is 140 g/mol. The molecule has 0 aromatic carbocycles. The van der Waals surface area contributed by atoms with E-state index in [-0.39, 0.29) is 0 Å². The van der Waals surface area contributed by atoms with Crippen LogP contribution in [-0.2, 0) is 4.79 Å². The summed E-state index contributed by atoms with van der Waals surface area (Å²) in [6, 6.07) is 0. The minimum atomic E-state index is 0.304. The van der Waals surface area contributed by atoms with Crippen LogP contribution >= 0.6 is 0 Å². The molecule has 1 aliphatic rings. The fourth-order valence-corrected chi connectivity index (χ4v) is 1.08. The number of rotatable bonds is 4. The normalized spacial score (nSPS) is 16.5. The minimum absolute atomic E-state index is 0.304. The van der Waals surface area contributed by atoms with E-state index < -0.39 is 0 Å². The van der Waals surface area contributed by atoms with E-state index in [1.165, 1.54) is 0 Å². The highest BCUT2D eigenvalue weighted by molar-refractivity contribution is 5.80. The summed E-state index contributed by atoms with van der Waals surface area (Å²) in [7, 11) is 1.86. The Balaban J connectivity index is 2.16. The monoisotopic (exact) mass is 156 g/mol. The second kappa shape index (κ2) is 3.72. The summed E-state index contributed by atoms with van der Waals surface area (Å²) >= 11 is 0. The minimum Gasteiger partial charge on any atom is -0.345 e. The van der Waals surface area contributed by atoms with Crippen molar-refractivity contribution in [2.45, 2.75) is 19.3 Å². The quantitative estimate of drug-likeness (QED) is 0.632. The summed E-state index contributed by atoms with van der Waals surface area (Å²) in [6.45, 7) is 1.48. The molecule has 11 heavy (non-hydrogen) atoms. The first-order chi connectivity index (χ1) is 5.25. The van der Waals surface area contributed by atoms with E-state index in [2.05, 4.69) is 0 Å². The summed E-state index contributed by atoms with van der Waals surface area (Å²) in [5.41, 5.74) is 5.33. The Morgan fingerprint density at radius 2 is 2.27 bits per heavy atom. The van der Waals surface area contributed by atoms with Crippen LogP contribution in [0.15, 0.2) is 0 Å². The topological polar surface area (TPSA) is 46.3 Å². The molecule has 2 N–H and O–H groups in total. The smallest absolute Gasteiger partial charge is 0.225 e. The summed E-state index contributed by atoms with van der Waals surface area (Å²) < 4.78 is 0. The van der Waals surface area contributed by atoms with Gasteiger partial charge in [-0.2, -0.15) is 0 Å². The molecule has 1 rings (SSSR count). The first-order valence-electron chi connectivity index (χ1n) is 4.20. The first kappa shape index (κ1) is 8.53. The highest BCUT2D eigenvalue weighted by atomic mass is 16.2. The highest BCUT2D eigenvalue weighted by Gasteiger charge is 2.31. The van der Waals surface area contributed by atoms with Crippen molar-refractivity contribution in [3.63, 3.8) is 0 Å². The molecule has 0 aliphatic heterocycles. The Morgan fingerprint density at radius 1 is 1.64 bits per heavy atom. The summed E-state index contributed by atoms with van der Waals surface area (Å²) in [4.78, 5) is 13.1. The molecule has 3 heteroatoms. The number of carbonyl (C=O) groups excluding carboxylic acids is 1. The Kier molecular flexibility index (Phi) is 2.88. The second-order valence-electron chi connectivity index (χ2n) is 3.18. The lowest BCUT2D eigenvalue weighted by Gasteiger charge is -2.15. The Hall–Kier alpha value is -0.570. The van der Waals surface area contributed by atoms with Crippen molar-refractivity contribution in [2.24, 2.45) is 11.7 Å². The maximum atomic E-state index is 11.3. The number of nitrogens with zero attached hydrogens (tertiary/aromatic N) is 1. The lowest BCUT2D eigenvalue weighted by molar-refractivity contribution is -0.131. The van der Waals surface area contributed by atoms with E-state index >= 15 is 0 Å². The number of nitrogens with two attached hydrogens (primary N) is 1. The zero-order chi connectivity index (χ0) is 8.27. The van der Waals surface area contributed by atoms with Crippen LogP contribution < -0.4 is 5.73 Å². The third-order valence-electron chi connectivity index (χ3n) is 2.00. The average Bonchev–Trinajstić information content (AvgIpc) is 2.81. The third-order valence-corrected chi connectivity index (χ3v) is 2.00. The van der Waals surface area contributed by atoms with Crippen molar-refractivity contribution < 1.29 is 4.79 Å². The van der Waals surface area contributed by atoms with Crippen LogP contribution in [0.1, 0.15) is 19.3 Å². The molecule has 1 saturated carbocycles. The van der Waals surface area contributed by atoms with Crippen molar-refractivity contribution in [2.75, 3.05) is 20.1 Å². The van der Waals surface area contributed by atoms with Crippen molar-refractivity contribution in [1.82, 2.24) is 4.90 Å².